The lowest BCUT2D eigenvalue weighted by atomic mass is 10.0. The molecule has 3 rings (SSSR count). The van der Waals surface area contributed by atoms with Crippen LogP contribution in [0.5, 0.6) is 0 Å². The van der Waals surface area contributed by atoms with E-state index in [1.54, 1.807) is 22.5 Å². The van der Waals surface area contributed by atoms with Crippen LogP contribution < -0.4 is 10.6 Å². The first-order chi connectivity index (χ1) is 10.4. The molecule has 7 heteroatoms. The molecule has 22 heavy (non-hydrogen) atoms. The van der Waals surface area contributed by atoms with Gasteiger partial charge >= 0.3 is 0 Å². The van der Waals surface area contributed by atoms with E-state index < -0.39 is 10.0 Å². The summed E-state index contributed by atoms with van der Waals surface area (Å²) < 4.78 is 27.2. The molecule has 2 aliphatic rings. The molecular weight excluding hydrogens is 302 g/mol. The molecule has 0 radical (unpaired) electrons. The van der Waals surface area contributed by atoms with E-state index >= 15 is 0 Å². The molecule has 2 fully saturated rings. The third-order valence-corrected chi connectivity index (χ3v) is 6.34. The molecule has 0 saturated carbocycles. The van der Waals surface area contributed by atoms with Gasteiger partial charge in [-0.3, -0.25) is 4.79 Å². The zero-order valence-corrected chi connectivity index (χ0v) is 13.6. The third kappa shape index (κ3) is 2.76. The highest BCUT2D eigenvalue weighted by Crippen LogP contribution is 2.31. The van der Waals surface area contributed by atoms with Crippen molar-refractivity contribution in [2.24, 2.45) is 11.8 Å². The number of sulfonamides is 1. The minimum atomic E-state index is -3.50. The minimum absolute atomic E-state index is 0.209. The Bertz CT molecular complexity index is 690. The molecule has 2 heterocycles. The highest BCUT2D eigenvalue weighted by atomic mass is 32.2. The second kappa shape index (κ2) is 5.64. The van der Waals surface area contributed by atoms with Crippen LogP contribution in [0.25, 0.3) is 0 Å². The van der Waals surface area contributed by atoms with Crippen LogP contribution in [0.1, 0.15) is 12.5 Å². The number of carbonyl (C=O) groups is 1. The van der Waals surface area contributed by atoms with Gasteiger partial charge in [-0.15, -0.1) is 0 Å². The zero-order valence-electron chi connectivity index (χ0n) is 12.8. The van der Waals surface area contributed by atoms with Crippen LogP contribution in [0.4, 0.5) is 5.69 Å². The predicted molar refractivity (Wildman–Crippen MR) is 84.1 cm³/mol. The fourth-order valence-corrected chi connectivity index (χ4v) is 4.82. The van der Waals surface area contributed by atoms with E-state index in [4.69, 9.17) is 0 Å². The number of carbonyl (C=O) groups excluding carboxylic acids is 1. The molecule has 2 N–H and O–H groups in total. The molecule has 6 nitrogen and oxygen atoms in total. The molecule has 0 aromatic heterocycles. The molecule has 120 valence electrons. The maximum atomic E-state index is 12.8. The second-order valence-corrected chi connectivity index (χ2v) is 8.10. The molecule has 2 aliphatic heterocycles. The summed E-state index contributed by atoms with van der Waals surface area (Å²) in [5, 5.41) is 5.99. The maximum absolute atomic E-state index is 12.8. The molecule has 0 bridgehead atoms. The van der Waals surface area contributed by atoms with Gasteiger partial charge in [0, 0.05) is 25.7 Å². The Morgan fingerprint density at radius 2 is 1.91 bits per heavy atom. The van der Waals surface area contributed by atoms with Crippen LogP contribution >= 0.6 is 0 Å². The van der Waals surface area contributed by atoms with Crippen molar-refractivity contribution in [1.82, 2.24) is 9.62 Å². The van der Waals surface area contributed by atoms with Gasteiger partial charge in [-0.05, 0) is 49.5 Å². The Hall–Kier alpha value is -1.44. The number of rotatable bonds is 3. The van der Waals surface area contributed by atoms with Gasteiger partial charge in [0.25, 0.3) is 0 Å². The summed E-state index contributed by atoms with van der Waals surface area (Å²) in [6.07, 6.45) is 0. The van der Waals surface area contributed by atoms with Gasteiger partial charge < -0.3 is 10.6 Å². The van der Waals surface area contributed by atoms with Crippen molar-refractivity contribution in [2.75, 3.05) is 31.5 Å². The monoisotopic (exact) mass is 323 g/mol. The number of amides is 1. The average molecular weight is 323 g/mol. The molecule has 2 atom stereocenters. The number of aryl methyl sites for hydroxylation is 1. The molecule has 0 aliphatic carbocycles. The van der Waals surface area contributed by atoms with Crippen LogP contribution in [0.15, 0.2) is 23.1 Å². The Balaban J connectivity index is 1.88. The summed E-state index contributed by atoms with van der Waals surface area (Å²) in [7, 11) is -3.50. The first-order valence-corrected chi connectivity index (χ1v) is 8.91. The van der Waals surface area contributed by atoms with Crippen LogP contribution in [0, 0.1) is 18.8 Å². The average Bonchev–Trinajstić information content (AvgIpc) is 3.01. The first kappa shape index (κ1) is 15.5. The number of hydrogen-bond acceptors (Lipinski definition) is 4. The van der Waals surface area contributed by atoms with E-state index in [2.05, 4.69) is 10.6 Å². The molecule has 1 aromatic carbocycles. The summed E-state index contributed by atoms with van der Waals surface area (Å²) in [4.78, 5) is 11.5. The second-order valence-electron chi connectivity index (χ2n) is 6.16. The normalized spacial score (nSPS) is 25.2. The Labute approximate surface area is 130 Å². The Kier molecular flexibility index (Phi) is 3.96. The smallest absolute Gasteiger partial charge is 0.243 e. The van der Waals surface area contributed by atoms with Crippen molar-refractivity contribution in [1.29, 1.82) is 0 Å². The lowest BCUT2D eigenvalue weighted by Crippen LogP contribution is -2.32. The molecular formula is C15H21N3O3S. The van der Waals surface area contributed by atoms with E-state index in [1.165, 1.54) is 6.92 Å². The largest absolute Gasteiger partial charge is 0.326 e. The zero-order chi connectivity index (χ0) is 15.9. The van der Waals surface area contributed by atoms with Crippen molar-refractivity contribution < 1.29 is 13.2 Å². The van der Waals surface area contributed by atoms with Gasteiger partial charge in [-0.2, -0.15) is 4.31 Å². The fourth-order valence-electron chi connectivity index (χ4n) is 3.24. The summed E-state index contributed by atoms with van der Waals surface area (Å²) >= 11 is 0. The number of fused-ring (bicyclic) bond motifs is 1. The van der Waals surface area contributed by atoms with Crippen molar-refractivity contribution >= 4 is 21.6 Å². The molecule has 1 aromatic rings. The first-order valence-electron chi connectivity index (χ1n) is 7.47. The Morgan fingerprint density at radius 1 is 1.27 bits per heavy atom. The summed E-state index contributed by atoms with van der Waals surface area (Å²) in [6, 6.07) is 4.90. The predicted octanol–water partition coefficient (Wildman–Crippen LogP) is 0.793. The standard InChI is InChI=1S/C15H21N3O3S/c1-10-3-4-14(5-15(10)17-11(2)19)22(20,21)18-8-12-6-16-7-13(12)9-18/h3-5,12-13,16H,6-9H2,1-2H3,(H,17,19)/t12-,13+. The fraction of sp³-hybridized carbons (Fsp3) is 0.533. The van der Waals surface area contributed by atoms with Gasteiger partial charge in [0.05, 0.1) is 4.90 Å². The van der Waals surface area contributed by atoms with E-state index in [0.29, 0.717) is 30.6 Å². The van der Waals surface area contributed by atoms with Crippen molar-refractivity contribution in [2.45, 2.75) is 18.7 Å². The third-order valence-electron chi connectivity index (χ3n) is 4.51. The quantitative estimate of drug-likeness (QED) is 0.862. The van der Waals surface area contributed by atoms with E-state index in [0.717, 1.165) is 18.7 Å². The summed E-state index contributed by atoms with van der Waals surface area (Å²) in [6.45, 7) is 6.18. The van der Waals surface area contributed by atoms with Crippen LogP contribution in [-0.4, -0.2) is 44.8 Å². The van der Waals surface area contributed by atoms with Crippen LogP contribution in [0.3, 0.4) is 0 Å². The maximum Gasteiger partial charge on any atom is 0.243 e. The SMILES string of the molecule is CC(=O)Nc1cc(S(=O)(=O)N2C[C@H]3CNC[C@H]3C2)ccc1C. The van der Waals surface area contributed by atoms with E-state index in [1.807, 2.05) is 6.92 Å². The Morgan fingerprint density at radius 3 is 2.50 bits per heavy atom. The lowest BCUT2D eigenvalue weighted by molar-refractivity contribution is -0.114. The van der Waals surface area contributed by atoms with Crippen molar-refractivity contribution in [3.8, 4) is 0 Å². The molecule has 0 unspecified atom stereocenters. The van der Waals surface area contributed by atoms with Gasteiger partial charge in [-0.1, -0.05) is 6.07 Å². The number of nitrogens with one attached hydrogen (secondary N) is 2. The van der Waals surface area contributed by atoms with E-state index in [9.17, 15) is 13.2 Å². The van der Waals surface area contributed by atoms with Gasteiger partial charge in [0.2, 0.25) is 15.9 Å². The highest BCUT2D eigenvalue weighted by molar-refractivity contribution is 7.89. The number of benzene rings is 1. The van der Waals surface area contributed by atoms with Crippen LogP contribution in [0.2, 0.25) is 0 Å². The van der Waals surface area contributed by atoms with Gasteiger partial charge in [0.1, 0.15) is 0 Å². The number of anilines is 1. The van der Waals surface area contributed by atoms with E-state index in [-0.39, 0.29) is 10.8 Å². The van der Waals surface area contributed by atoms with Crippen molar-refractivity contribution in [3.05, 3.63) is 23.8 Å². The topological polar surface area (TPSA) is 78.5 Å². The van der Waals surface area contributed by atoms with Crippen LogP contribution in [-0.2, 0) is 14.8 Å². The molecule has 1 amide bonds. The lowest BCUT2D eigenvalue weighted by Gasteiger charge is -2.18. The van der Waals surface area contributed by atoms with Crippen molar-refractivity contribution in [3.63, 3.8) is 0 Å². The number of nitrogens with zero attached hydrogens (tertiary/aromatic N) is 1. The van der Waals surface area contributed by atoms with Gasteiger partial charge in [0.15, 0.2) is 0 Å². The number of hydrogen-bond donors (Lipinski definition) is 2. The minimum Gasteiger partial charge on any atom is -0.326 e. The summed E-state index contributed by atoms with van der Waals surface area (Å²) in [5.74, 6) is 0.615. The molecule has 0 spiro atoms. The summed E-state index contributed by atoms with van der Waals surface area (Å²) in [5.41, 5.74) is 1.39. The molecule has 2 saturated heterocycles. The highest BCUT2D eigenvalue weighted by Gasteiger charge is 2.41. The van der Waals surface area contributed by atoms with Gasteiger partial charge in [-0.25, -0.2) is 8.42 Å².